The molecule has 0 aliphatic rings. The first-order valence-electron chi connectivity index (χ1n) is 33.7. The van der Waals surface area contributed by atoms with Gasteiger partial charge in [0.2, 0.25) is 5.91 Å². The van der Waals surface area contributed by atoms with Crippen LogP contribution in [0.5, 0.6) is 0 Å². The molecule has 0 radical (unpaired) electrons. The molecule has 0 spiro atoms. The van der Waals surface area contributed by atoms with Crippen LogP contribution in [0.25, 0.3) is 0 Å². The third kappa shape index (κ3) is 61.2. The van der Waals surface area contributed by atoms with Crippen LogP contribution in [-0.4, -0.2) is 47.4 Å². The second-order valence-electron chi connectivity index (χ2n) is 23.1. The van der Waals surface area contributed by atoms with Crippen LogP contribution in [0.2, 0.25) is 0 Å². The summed E-state index contributed by atoms with van der Waals surface area (Å²) in [4.78, 5) is 24.6. The van der Waals surface area contributed by atoms with Gasteiger partial charge in [0, 0.05) is 12.8 Å². The molecule has 0 aromatic heterocycles. The van der Waals surface area contributed by atoms with Gasteiger partial charge in [0.25, 0.3) is 0 Å². The van der Waals surface area contributed by atoms with Crippen molar-refractivity contribution in [1.29, 1.82) is 0 Å². The second-order valence-corrected chi connectivity index (χ2v) is 23.1. The summed E-state index contributed by atoms with van der Waals surface area (Å²) in [6, 6.07) is -0.556. The first kappa shape index (κ1) is 73.1. The lowest BCUT2D eigenvalue weighted by Crippen LogP contribution is -2.45. The summed E-state index contributed by atoms with van der Waals surface area (Å²) in [5.74, 6) is -0.0653. The van der Waals surface area contributed by atoms with Gasteiger partial charge in [-0.1, -0.05) is 301 Å². The van der Waals surface area contributed by atoms with E-state index < -0.39 is 12.1 Å². The summed E-state index contributed by atoms with van der Waals surface area (Å²) in [5.41, 5.74) is 0. The molecule has 0 saturated carbocycles. The maximum atomic E-state index is 12.5. The van der Waals surface area contributed by atoms with Gasteiger partial charge in [0.05, 0.1) is 25.4 Å². The molecule has 0 rings (SSSR count). The number of aliphatic hydroxyl groups excluding tert-OH is 2. The number of hydrogen-bond donors (Lipinski definition) is 3. The number of unbranched alkanes of at least 4 members (excludes halogenated alkanes) is 46. The van der Waals surface area contributed by atoms with E-state index in [9.17, 15) is 19.8 Å². The van der Waals surface area contributed by atoms with Gasteiger partial charge < -0.3 is 20.3 Å². The number of nitrogens with one attached hydrogen (secondary N) is 1. The van der Waals surface area contributed by atoms with E-state index in [4.69, 9.17) is 4.74 Å². The van der Waals surface area contributed by atoms with E-state index in [0.29, 0.717) is 25.9 Å². The molecular formula is C69H131NO5. The lowest BCUT2D eigenvalue weighted by atomic mass is 10.0. The topological polar surface area (TPSA) is 95.9 Å². The molecule has 2 atom stereocenters. The van der Waals surface area contributed by atoms with E-state index in [1.807, 2.05) is 0 Å². The highest BCUT2D eigenvalue weighted by Gasteiger charge is 2.20. The molecule has 0 fully saturated rings. The fourth-order valence-corrected chi connectivity index (χ4v) is 10.5. The van der Waals surface area contributed by atoms with Crippen molar-refractivity contribution in [3.05, 3.63) is 36.5 Å². The molecule has 1 amide bonds. The molecule has 3 N–H and O–H groups in total. The Morgan fingerprint density at radius 1 is 0.373 bits per heavy atom. The van der Waals surface area contributed by atoms with Gasteiger partial charge in [-0.2, -0.15) is 0 Å². The molecule has 0 aromatic carbocycles. The number of hydrogen-bond acceptors (Lipinski definition) is 5. The Morgan fingerprint density at radius 2 is 0.667 bits per heavy atom. The summed E-state index contributed by atoms with van der Waals surface area (Å²) in [6.45, 7) is 4.93. The van der Waals surface area contributed by atoms with Crippen molar-refractivity contribution in [2.24, 2.45) is 0 Å². The van der Waals surface area contributed by atoms with Crippen molar-refractivity contribution in [3.8, 4) is 0 Å². The number of carbonyl (C=O) groups excluding carboxylic acids is 2. The Hall–Kier alpha value is -1.92. The van der Waals surface area contributed by atoms with Crippen LogP contribution in [0.4, 0.5) is 0 Å². The summed E-state index contributed by atoms with van der Waals surface area (Å²) >= 11 is 0. The van der Waals surface area contributed by atoms with Crippen LogP contribution in [0.3, 0.4) is 0 Å². The normalized spacial score (nSPS) is 12.7. The van der Waals surface area contributed by atoms with E-state index in [1.165, 1.54) is 250 Å². The highest BCUT2D eigenvalue weighted by molar-refractivity contribution is 5.76. The molecule has 0 saturated heterocycles. The van der Waals surface area contributed by atoms with Crippen LogP contribution in [0, 0.1) is 0 Å². The maximum Gasteiger partial charge on any atom is 0.305 e. The van der Waals surface area contributed by atoms with Crippen molar-refractivity contribution in [1.82, 2.24) is 5.32 Å². The number of ether oxygens (including phenoxy) is 1. The van der Waals surface area contributed by atoms with Crippen molar-refractivity contribution < 1.29 is 24.5 Å². The molecule has 0 aliphatic heterocycles. The number of allylic oxidation sites excluding steroid dienone is 6. The van der Waals surface area contributed by atoms with Crippen LogP contribution >= 0.6 is 0 Å². The molecule has 442 valence electrons. The predicted molar refractivity (Wildman–Crippen MR) is 329 cm³/mol. The summed E-state index contributed by atoms with van der Waals surface area (Å²) < 4.78 is 5.47. The Bertz CT molecular complexity index is 1210. The number of carbonyl (C=O) groups is 2. The zero-order valence-electron chi connectivity index (χ0n) is 50.5. The number of aliphatic hydroxyl groups is 2. The molecule has 0 bridgehead atoms. The average Bonchev–Trinajstić information content (AvgIpc) is 3.41. The maximum absolute atomic E-state index is 12.5. The molecule has 0 aliphatic carbocycles. The van der Waals surface area contributed by atoms with Gasteiger partial charge in [-0.05, 0) is 89.9 Å². The Balaban J connectivity index is 3.48. The highest BCUT2D eigenvalue weighted by atomic mass is 16.5. The smallest absolute Gasteiger partial charge is 0.305 e. The van der Waals surface area contributed by atoms with Crippen molar-refractivity contribution in [2.45, 2.75) is 379 Å². The standard InChI is InChI=1S/C69H131NO5/c1-3-5-7-9-11-13-15-17-19-21-23-24-25-26-27-29-33-37-41-45-49-53-57-61-67(72)66(65-71)70-68(73)62-58-54-50-46-42-38-34-30-28-32-36-40-44-48-52-56-60-64-75-69(74)63-59-55-51-47-43-39-35-31-22-20-18-16-14-12-10-8-6-4-2/h20,22,28,32,40,44,66-67,71-72H,3-19,21,23-27,29-31,33-39,41-43,45-65H2,1-2H3,(H,70,73)/b22-20-,32-28-,44-40-. The van der Waals surface area contributed by atoms with Gasteiger partial charge in [-0.3, -0.25) is 9.59 Å². The van der Waals surface area contributed by atoms with E-state index in [1.54, 1.807) is 0 Å². The van der Waals surface area contributed by atoms with Crippen molar-refractivity contribution in [3.63, 3.8) is 0 Å². The van der Waals surface area contributed by atoms with Gasteiger partial charge in [-0.15, -0.1) is 0 Å². The lowest BCUT2D eigenvalue weighted by Gasteiger charge is -2.22. The summed E-state index contributed by atoms with van der Waals surface area (Å²) in [5, 5.41) is 23.4. The minimum atomic E-state index is -0.677. The first-order chi connectivity index (χ1) is 37.0. The monoisotopic (exact) mass is 1050 g/mol. The minimum absolute atomic E-state index is 0.0176. The van der Waals surface area contributed by atoms with Gasteiger partial charge in [-0.25, -0.2) is 0 Å². The number of esters is 1. The Labute approximate surface area is 468 Å². The average molecular weight is 1050 g/mol. The fraction of sp³-hybridized carbons (Fsp3) is 0.884. The quantitative estimate of drug-likeness (QED) is 0.0320. The van der Waals surface area contributed by atoms with E-state index in [-0.39, 0.29) is 18.5 Å². The van der Waals surface area contributed by atoms with Crippen LogP contribution < -0.4 is 5.32 Å². The third-order valence-corrected chi connectivity index (χ3v) is 15.7. The summed E-state index contributed by atoms with van der Waals surface area (Å²) in [7, 11) is 0. The van der Waals surface area contributed by atoms with Crippen LogP contribution in [0.15, 0.2) is 36.5 Å². The predicted octanol–water partition coefficient (Wildman–Crippen LogP) is 21.5. The van der Waals surface area contributed by atoms with E-state index in [2.05, 4.69) is 55.6 Å². The SMILES string of the molecule is CCCCCCCCC/C=C\CCCCCCCCCC(=O)OCCCCC/C=C\C/C=C\CCCCCCCCCC(=O)NC(CO)C(O)CCCCCCCCCCCCCCCCCCCCCCCCC. The highest BCUT2D eigenvalue weighted by Crippen LogP contribution is 2.18. The van der Waals surface area contributed by atoms with Crippen LogP contribution in [-0.2, 0) is 14.3 Å². The molecule has 0 aromatic rings. The summed E-state index contributed by atoms with van der Waals surface area (Å²) in [6.07, 6.45) is 81.7. The third-order valence-electron chi connectivity index (χ3n) is 15.7. The largest absolute Gasteiger partial charge is 0.466 e. The Morgan fingerprint density at radius 3 is 1.03 bits per heavy atom. The minimum Gasteiger partial charge on any atom is -0.466 e. The van der Waals surface area contributed by atoms with E-state index in [0.717, 1.165) is 83.5 Å². The lowest BCUT2D eigenvalue weighted by molar-refractivity contribution is -0.143. The van der Waals surface area contributed by atoms with Crippen LogP contribution in [0.1, 0.15) is 367 Å². The molecule has 0 heterocycles. The number of amides is 1. The molecule has 2 unspecified atom stereocenters. The Kier molecular flexibility index (Phi) is 63.0. The number of rotatable bonds is 63. The first-order valence-corrected chi connectivity index (χ1v) is 33.7. The molecule has 6 nitrogen and oxygen atoms in total. The molecular weight excluding hydrogens is 923 g/mol. The van der Waals surface area contributed by atoms with E-state index >= 15 is 0 Å². The van der Waals surface area contributed by atoms with Crippen molar-refractivity contribution >= 4 is 11.9 Å². The van der Waals surface area contributed by atoms with Gasteiger partial charge in [0.15, 0.2) is 0 Å². The second kappa shape index (κ2) is 64.6. The molecule has 6 heteroatoms. The fourth-order valence-electron chi connectivity index (χ4n) is 10.5. The zero-order valence-corrected chi connectivity index (χ0v) is 50.5. The zero-order chi connectivity index (χ0) is 54.3. The molecule has 75 heavy (non-hydrogen) atoms. The van der Waals surface area contributed by atoms with Gasteiger partial charge >= 0.3 is 5.97 Å². The van der Waals surface area contributed by atoms with Crippen molar-refractivity contribution in [2.75, 3.05) is 13.2 Å². The van der Waals surface area contributed by atoms with Gasteiger partial charge in [0.1, 0.15) is 0 Å².